The smallest absolute Gasteiger partial charge is 0.321 e. The van der Waals surface area contributed by atoms with Gasteiger partial charge in [-0.25, -0.2) is 0 Å². The second-order valence-electron chi connectivity index (χ2n) is 5.71. The van der Waals surface area contributed by atoms with Crippen molar-refractivity contribution in [1.82, 2.24) is 9.03 Å². The summed E-state index contributed by atoms with van der Waals surface area (Å²) < 4.78 is 27.8. The van der Waals surface area contributed by atoms with E-state index < -0.39 is 34.6 Å². The molecule has 1 aliphatic rings. The van der Waals surface area contributed by atoms with Crippen LogP contribution < -0.4 is 4.72 Å². The molecule has 0 aromatic heterocycles. The number of nitrogens with one attached hydrogen (secondary N) is 1. The van der Waals surface area contributed by atoms with Crippen molar-refractivity contribution in [3.63, 3.8) is 0 Å². The summed E-state index contributed by atoms with van der Waals surface area (Å²) in [5.74, 6) is -2.14. The molecule has 21 heavy (non-hydrogen) atoms. The Morgan fingerprint density at radius 1 is 1.24 bits per heavy atom. The number of piperidine rings is 1. The van der Waals surface area contributed by atoms with Gasteiger partial charge in [0.15, 0.2) is 0 Å². The highest BCUT2D eigenvalue weighted by atomic mass is 32.2. The molecule has 0 spiro atoms. The van der Waals surface area contributed by atoms with E-state index >= 15 is 0 Å². The van der Waals surface area contributed by atoms with E-state index in [1.807, 2.05) is 13.8 Å². The Morgan fingerprint density at radius 3 is 2.19 bits per heavy atom. The molecule has 1 saturated heterocycles. The maximum Gasteiger partial charge on any atom is 0.321 e. The fourth-order valence-electron chi connectivity index (χ4n) is 2.56. The molecule has 3 N–H and O–H groups in total. The highest BCUT2D eigenvalue weighted by Gasteiger charge is 2.33. The van der Waals surface area contributed by atoms with Gasteiger partial charge in [0.25, 0.3) is 10.2 Å². The van der Waals surface area contributed by atoms with Gasteiger partial charge in [-0.15, -0.1) is 0 Å². The van der Waals surface area contributed by atoms with Gasteiger partial charge in [0.1, 0.15) is 6.04 Å². The Bertz CT molecular complexity index is 482. The van der Waals surface area contributed by atoms with Crippen LogP contribution in [-0.2, 0) is 19.8 Å². The van der Waals surface area contributed by atoms with E-state index in [1.54, 1.807) is 0 Å². The van der Waals surface area contributed by atoms with Crippen LogP contribution in [0.15, 0.2) is 0 Å². The highest BCUT2D eigenvalue weighted by molar-refractivity contribution is 7.87. The van der Waals surface area contributed by atoms with Crippen molar-refractivity contribution in [3.8, 4) is 0 Å². The molecule has 3 unspecified atom stereocenters. The number of hydrogen-bond donors (Lipinski definition) is 3. The van der Waals surface area contributed by atoms with Gasteiger partial charge in [0.05, 0.1) is 0 Å². The standard InChI is InChI=1S/C12H22N2O6S/c1-8-5-9(2)7-14(6-8)21(19,20)13-10(12(17)18)3-4-11(15)16/h8-10,13H,3-7H2,1-2H3,(H,15,16)(H,17,18). The molecule has 0 saturated carbocycles. The molecule has 9 heteroatoms. The van der Waals surface area contributed by atoms with E-state index in [4.69, 9.17) is 10.2 Å². The van der Waals surface area contributed by atoms with E-state index in [0.717, 1.165) is 6.42 Å². The first-order chi connectivity index (χ1) is 9.61. The van der Waals surface area contributed by atoms with Crippen LogP contribution in [0, 0.1) is 11.8 Å². The van der Waals surface area contributed by atoms with Crippen LogP contribution in [-0.4, -0.2) is 54.0 Å². The Labute approximate surface area is 124 Å². The molecule has 1 heterocycles. The molecule has 1 fully saturated rings. The number of nitrogens with zero attached hydrogens (tertiary/aromatic N) is 1. The van der Waals surface area contributed by atoms with Crippen LogP contribution in [0.5, 0.6) is 0 Å². The summed E-state index contributed by atoms with van der Waals surface area (Å²) in [6.45, 7) is 4.56. The van der Waals surface area contributed by atoms with Crippen LogP contribution >= 0.6 is 0 Å². The lowest BCUT2D eigenvalue weighted by atomic mass is 9.94. The third-order valence-corrected chi connectivity index (χ3v) is 4.97. The third-order valence-electron chi connectivity index (χ3n) is 3.41. The Kier molecular flexibility index (Phi) is 6.11. The average Bonchev–Trinajstić information content (AvgIpc) is 2.32. The predicted octanol–water partition coefficient (Wildman–Crippen LogP) is 0.117. The fourth-order valence-corrected chi connectivity index (χ4v) is 4.19. The minimum atomic E-state index is -3.93. The first-order valence-corrected chi connectivity index (χ1v) is 8.27. The minimum absolute atomic E-state index is 0.202. The van der Waals surface area contributed by atoms with Gasteiger partial charge in [-0.1, -0.05) is 13.8 Å². The van der Waals surface area contributed by atoms with Crippen molar-refractivity contribution in [2.45, 2.75) is 39.2 Å². The molecule has 8 nitrogen and oxygen atoms in total. The Morgan fingerprint density at radius 2 is 1.76 bits per heavy atom. The van der Waals surface area contributed by atoms with Crippen molar-refractivity contribution < 1.29 is 28.2 Å². The lowest BCUT2D eigenvalue weighted by molar-refractivity contribution is -0.140. The third kappa shape index (κ3) is 5.60. The normalized spacial score (nSPS) is 25.4. The molecule has 1 aliphatic heterocycles. The Hall–Kier alpha value is -1.19. The monoisotopic (exact) mass is 322 g/mol. The van der Waals surface area contributed by atoms with Gasteiger partial charge < -0.3 is 10.2 Å². The quantitative estimate of drug-likeness (QED) is 0.611. The lowest BCUT2D eigenvalue weighted by Gasteiger charge is -2.34. The number of carbonyl (C=O) groups is 2. The summed E-state index contributed by atoms with van der Waals surface area (Å²) in [7, 11) is -3.93. The number of rotatable bonds is 7. The Balaban J connectivity index is 2.76. The number of hydrogen-bond acceptors (Lipinski definition) is 4. The second-order valence-corrected chi connectivity index (χ2v) is 7.41. The first kappa shape index (κ1) is 17.9. The van der Waals surface area contributed by atoms with Crippen LogP contribution in [0.2, 0.25) is 0 Å². The summed E-state index contributed by atoms with van der Waals surface area (Å²) in [5.41, 5.74) is 0. The summed E-state index contributed by atoms with van der Waals surface area (Å²) in [6.07, 6.45) is 0.225. The van der Waals surface area contributed by atoms with Gasteiger partial charge in [0, 0.05) is 19.5 Å². The van der Waals surface area contributed by atoms with Crippen LogP contribution in [0.4, 0.5) is 0 Å². The molecule has 0 aromatic carbocycles. The largest absolute Gasteiger partial charge is 0.481 e. The second kappa shape index (κ2) is 7.19. The molecule has 0 amide bonds. The van der Waals surface area contributed by atoms with Gasteiger partial charge in [0.2, 0.25) is 0 Å². The zero-order valence-corrected chi connectivity index (χ0v) is 13.0. The van der Waals surface area contributed by atoms with E-state index in [2.05, 4.69) is 4.72 Å². The number of carboxylic acid groups (broad SMARTS) is 2. The summed E-state index contributed by atoms with van der Waals surface area (Å²) in [4.78, 5) is 21.6. The summed E-state index contributed by atoms with van der Waals surface area (Å²) in [6, 6.07) is -1.43. The molecule has 0 aliphatic carbocycles. The molecule has 0 bridgehead atoms. The molecular formula is C12H22N2O6S. The van der Waals surface area contributed by atoms with E-state index in [9.17, 15) is 18.0 Å². The molecule has 0 aromatic rings. The maximum absolute atomic E-state index is 12.2. The van der Waals surface area contributed by atoms with Crippen LogP contribution in [0.25, 0.3) is 0 Å². The SMILES string of the molecule is CC1CC(C)CN(S(=O)(=O)NC(CCC(=O)O)C(=O)O)C1. The molecule has 1 rings (SSSR count). The van der Waals surface area contributed by atoms with Crippen molar-refractivity contribution >= 4 is 22.1 Å². The van der Waals surface area contributed by atoms with E-state index in [-0.39, 0.29) is 18.3 Å². The zero-order chi connectivity index (χ0) is 16.2. The van der Waals surface area contributed by atoms with Crippen molar-refractivity contribution in [2.75, 3.05) is 13.1 Å². The molecule has 122 valence electrons. The maximum atomic E-state index is 12.2. The van der Waals surface area contributed by atoms with Crippen LogP contribution in [0.3, 0.4) is 0 Å². The molecule has 0 radical (unpaired) electrons. The zero-order valence-electron chi connectivity index (χ0n) is 12.2. The topological polar surface area (TPSA) is 124 Å². The van der Waals surface area contributed by atoms with Gasteiger partial charge >= 0.3 is 11.9 Å². The number of carboxylic acids is 2. The van der Waals surface area contributed by atoms with Crippen molar-refractivity contribution in [3.05, 3.63) is 0 Å². The molecule has 3 atom stereocenters. The van der Waals surface area contributed by atoms with Crippen LogP contribution in [0.1, 0.15) is 33.1 Å². The van der Waals surface area contributed by atoms with Gasteiger partial charge in [-0.2, -0.15) is 17.4 Å². The van der Waals surface area contributed by atoms with Crippen molar-refractivity contribution in [1.29, 1.82) is 0 Å². The first-order valence-electron chi connectivity index (χ1n) is 6.83. The fraction of sp³-hybridized carbons (Fsp3) is 0.833. The minimum Gasteiger partial charge on any atom is -0.481 e. The molecular weight excluding hydrogens is 300 g/mol. The van der Waals surface area contributed by atoms with Gasteiger partial charge in [-0.05, 0) is 24.7 Å². The van der Waals surface area contributed by atoms with E-state index in [1.165, 1.54) is 4.31 Å². The van der Waals surface area contributed by atoms with E-state index in [0.29, 0.717) is 13.1 Å². The summed E-state index contributed by atoms with van der Waals surface area (Å²) in [5, 5.41) is 17.6. The highest BCUT2D eigenvalue weighted by Crippen LogP contribution is 2.22. The number of aliphatic carboxylic acids is 2. The predicted molar refractivity (Wildman–Crippen MR) is 74.9 cm³/mol. The summed E-state index contributed by atoms with van der Waals surface area (Å²) >= 11 is 0. The lowest BCUT2D eigenvalue weighted by Crippen LogP contribution is -2.52. The van der Waals surface area contributed by atoms with Crippen molar-refractivity contribution in [2.24, 2.45) is 11.8 Å². The average molecular weight is 322 g/mol. The van der Waals surface area contributed by atoms with Gasteiger partial charge in [-0.3, -0.25) is 9.59 Å².